The van der Waals surface area contributed by atoms with E-state index in [1.807, 2.05) is 17.9 Å². The molecular weight excluding hydrogens is 234 g/mol. The molecule has 2 saturated heterocycles. The zero-order valence-electron chi connectivity index (χ0n) is 10.5. The summed E-state index contributed by atoms with van der Waals surface area (Å²) >= 11 is 0. The van der Waals surface area contributed by atoms with E-state index in [9.17, 15) is 4.79 Å². The van der Waals surface area contributed by atoms with Crippen molar-refractivity contribution in [3.05, 3.63) is 23.7 Å². The highest BCUT2D eigenvalue weighted by Crippen LogP contribution is 2.30. The molecule has 0 unspecified atom stereocenters. The van der Waals surface area contributed by atoms with Gasteiger partial charge in [0.05, 0.1) is 25.4 Å². The van der Waals surface area contributed by atoms with Crippen LogP contribution in [0.2, 0.25) is 0 Å². The van der Waals surface area contributed by atoms with Gasteiger partial charge in [-0.1, -0.05) is 0 Å². The molecule has 0 aromatic carbocycles. The summed E-state index contributed by atoms with van der Waals surface area (Å²) < 4.78 is 16.4. The number of morpholine rings is 1. The Kier molecular flexibility index (Phi) is 2.87. The molecule has 5 nitrogen and oxygen atoms in total. The third kappa shape index (κ3) is 1.83. The fraction of sp³-hybridized carbons (Fsp3) is 0.615. The fourth-order valence-electron chi connectivity index (χ4n) is 2.66. The molecule has 2 fully saturated rings. The first kappa shape index (κ1) is 11.7. The molecule has 2 aliphatic rings. The van der Waals surface area contributed by atoms with E-state index in [1.165, 1.54) is 0 Å². The van der Waals surface area contributed by atoms with Crippen LogP contribution in [0.1, 0.15) is 22.7 Å². The molecule has 3 rings (SSSR count). The molecule has 0 aliphatic carbocycles. The second-order valence-corrected chi connectivity index (χ2v) is 4.95. The van der Waals surface area contributed by atoms with Gasteiger partial charge >= 0.3 is 0 Å². The lowest BCUT2D eigenvalue weighted by atomic mass is 9.95. The molecule has 0 radical (unpaired) electrons. The van der Waals surface area contributed by atoms with Crippen molar-refractivity contribution in [2.75, 3.05) is 33.0 Å². The van der Waals surface area contributed by atoms with Gasteiger partial charge < -0.3 is 18.8 Å². The van der Waals surface area contributed by atoms with Crippen LogP contribution in [-0.4, -0.2) is 49.3 Å². The number of carbonyl (C=O) groups is 1. The average molecular weight is 251 g/mol. The highest BCUT2D eigenvalue weighted by molar-refractivity contribution is 5.92. The minimum absolute atomic E-state index is 0.0584. The van der Waals surface area contributed by atoms with Gasteiger partial charge in [0, 0.05) is 13.2 Å². The zero-order valence-corrected chi connectivity index (χ0v) is 10.5. The Hall–Kier alpha value is -1.33. The lowest BCUT2D eigenvalue weighted by molar-refractivity contribution is -0.0561. The van der Waals surface area contributed by atoms with Crippen LogP contribution in [-0.2, 0) is 9.47 Å². The third-order valence-corrected chi connectivity index (χ3v) is 3.68. The monoisotopic (exact) mass is 251 g/mol. The van der Waals surface area contributed by atoms with Gasteiger partial charge in [-0.25, -0.2) is 0 Å². The summed E-state index contributed by atoms with van der Waals surface area (Å²) in [5, 5.41) is 0. The predicted molar refractivity (Wildman–Crippen MR) is 63.5 cm³/mol. The molecule has 2 aliphatic heterocycles. The number of carbonyl (C=O) groups excluding carboxylic acids is 1. The molecule has 1 atom stereocenters. The number of amides is 1. The van der Waals surface area contributed by atoms with E-state index in [0.717, 1.165) is 12.2 Å². The van der Waals surface area contributed by atoms with E-state index in [2.05, 4.69) is 0 Å². The predicted octanol–water partition coefficient (Wildman–Crippen LogP) is 1.22. The molecule has 18 heavy (non-hydrogen) atoms. The normalized spacial score (nSPS) is 27.9. The Bertz CT molecular complexity index is 448. The van der Waals surface area contributed by atoms with Crippen LogP contribution in [0.3, 0.4) is 0 Å². The van der Waals surface area contributed by atoms with Crippen molar-refractivity contribution in [2.24, 2.45) is 0 Å². The quantitative estimate of drug-likeness (QED) is 0.753. The topological polar surface area (TPSA) is 51.9 Å². The molecule has 1 spiro atoms. The van der Waals surface area contributed by atoms with E-state index < -0.39 is 0 Å². The zero-order chi connectivity index (χ0) is 12.6. The molecule has 3 heterocycles. The number of aryl methyl sites for hydroxylation is 1. The number of hydrogen-bond acceptors (Lipinski definition) is 4. The number of furan rings is 1. The van der Waals surface area contributed by atoms with Crippen molar-refractivity contribution in [1.82, 2.24) is 4.90 Å². The van der Waals surface area contributed by atoms with E-state index >= 15 is 0 Å². The SMILES string of the molecule is Cc1ccc(C(=O)N2CCOC[C@@]23CCOC3)o1. The molecular formula is C13H17NO4. The first-order valence-electron chi connectivity index (χ1n) is 6.25. The highest BCUT2D eigenvalue weighted by atomic mass is 16.5. The lowest BCUT2D eigenvalue weighted by Crippen LogP contribution is -2.59. The molecule has 0 bridgehead atoms. The Morgan fingerprint density at radius 3 is 2.72 bits per heavy atom. The van der Waals surface area contributed by atoms with E-state index in [4.69, 9.17) is 13.9 Å². The molecule has 1 aromatic rings. The summed E-state index contributed by atoms with van der Waals surface area (Å²) in [6.07, 6.45) is 0.832. The van der Waals surface area contributed by atoms with Crippen molar-refractivity contribution in [2.45, 2.75) is 18.9 Å². The smallest absolute Gasteiger partial charge is 0.290 e. The number of hydrogen-bond donors (Lipinski definition) is 0. The summed E-state index contributed by atoms with van der Waals surface area (Å²) in [5.41, 5.74) is -0.296. The van der Waals surface area contributed by atoms with Crippen LogP contribution < -0.4 is 0 Å². The Balaban J connectivity index is 1.86. The maximum atomic E-state index is 12.5. The standard InChI is InChI=1S/C13H17NO4/c1-10-2-3-11(18-10)12(15)14-5-7-17-9-13(14)4-6-16-8-13/h2-3H,4-9H2,1H3/t13-/m0/s1. The molecule has 98 valence electrons. The molecule has 0 N–H and O–H groups in total. The van der Waals surface area contributed by atoms with Crippen LogP contribution in [0, 0.1) is 6.92 Å². The fourth-order valence-corrected chi connectivity index (χ4v) is 2.66. The lowest BCUT2D eigenvalue weighted by Gasteiger charge is -2.43. The summed E-state index contributed by atoms with van der Waals surface area (Å²) in [6.45, 7) is 4.81. The van der Waals surface area contributed by atoms with Crippen molar-refractivity contribution in [3.8, 4) is 0 Å². The van der Waals surface area contributed by atoms with Crippen LogP contribution in [0.15, 0.2) is 16.5 Å². The van der Waals surface area contributed by atoms with Gasteiger partial charge in [0.25, 0.3) is 5.91 Å². The molecule has 0 saturated carbocycles. The molecule has 1 amide bonds. The van der Waals surface area contributed by atoms with Crippen molar-refractivity contribution in [1.29, 1.82) is 0 Å². The maximum Gasteiger partial charge on any atom is 0.290 e. The van der Waals surface area contributed by atoms with Gasteiger partial charge in [0.1, 0.15) is 5.76 Å². The van der Waals surface area contributed by atoms with Gasteiger partial charge in [-0.3, -0.25) is 4.79 Å². The van der Waals surface area contributed by atoms with Gasteiger partial charge in [0.15, 0.2) is 5.76 Å². The number of ether oxygens (including phenoxy) is 2. The van der Waals surface area contributed by atoms with Crippen molar-refractivity contribution in [3.63, 3.8) is 0 Å². The van der Waals surface area contributed by atoms with E-state index in [0.29, 0.717) is 38.7 Å². The van der Waals surface area contributed by atoms with Crippen LogP contribution >= 0.6 is 0 Å². The summed E-state index contributed by atoms with van der Waals surface area (Å²) in [6, 6.07) is 3.54. The minimum atomic E-state index is -0.296. The van der Waals surface area contributed by atoms with Crippen LogP contribution in [0.25, 0.3) is 0 Å². The van der Waals surface area contributed by atoms with Crippen molar-refractivity contribution >= 4 is 5.91 Å². The Morgan fingerprint density at radius 2 is 2.06 bits per heavy atom. The maximum absolute atomic E-state index is 12.5. The van der Waals surface area contributed by atoms with Gasteiger partial charge in [-0.05, 0) is 25.5 Å². The van der Waals surface area contributed by atoms with E-state index in [-0.39, 0.29) is 11.4 Å². The third-order valence-electron chi connectivity index (χ3n) is 3.68. The van der Waals surface area contributed by atoms with Crippen LogP contribution in [0.5, 0.6) is 0 Å². The second kappa shape index (κ2) is 4.40. The Labute approximate surface area is 106 Å². The first-order valence-corrected chi connectivity index (χ1v) is 6.25. The number of nitrogens with zero attached hydrogens (tertiary/aromatic N) is 1. The molecule has 1 aromatic heterocycles. The van der Waals surface area contributed by atoms with E-state index in [1.54, 1.807) is 6.07 Å². The van der Waals surface area contributed by atoms with Gasteiger partial charge in [-0.2, -0.15) is 0 Å². The minimum Gasteiger partial charge on any atom is -0.456 e. The summed E-state index contributed by atoms with van der Waals surface area (Å²) in [4.78, 5) is 14.4. The number of rotatable bonds is 1. The largest absolute Gasteiger partial charge is 0.456 e. The average Bonchev–Trinajstić information content (AvgIpc) is 2.99. The summed E-state index contributed by atoms with van der Waals surface area (Å²) in [5.74, 6) is 1.10. The van der Waals surface area contributed by atoms with Gasteiger partial charge in [-0.15, -0.1) is 0 Å². The van der Waals surface area contributed by atoms with Gasteiger partial charge in [0.2, 0.25) is 0 Å². The van der Waals surface area contributed by atoms with Crippen molar-refractivity contribution < 1.29 is 18.7 Å². The van der Waals surface area contributed by atoms with Crippen LogP contribution in [0.4, 0.5) is 0 Å². The summed E-state index contributed by atoms with van der Waals surface area (Å²) in [7, 11) is 0. The molecule has 5 heteroatoms. The highest BCUT2D eigenvalue weighted by Gasteiger charge is 2.46. The second-order valence-electron chi connectivity index (χ2n) is 4.95. The Morgan fingerprint density at radius 1 is 1.28 bits per heavy atom. The first-order chi connectivity index (χ1) is 8.71.